The molecule has 4 heterocycles. The summed E-state index contributed by atoms with van der Waals surface area (Å²) in [5.74, 6) is 0.753. The lowest BCUT2D eigenvalue weighted by Gasteiger charge is -2.34. The first kappa shape index (κ1) is 14.8. The molecule has 8 nitrogen and oxygen atoms in total. The molecule has 1 atom stereocenters. The molecule has 3 aromatic rings. The van der Waals surface area contributed by atoms with Crippen LogP contribution in [-0.4, -0.2) is 43.7 Å². The molecular weight excluding hydrogens is 306 g/mol. The van der Waals surface area contributed by atoms with Crippen molar-refractivity contribution in [3.63, 3.8) is 0 Å². The molecule has 1 fully saturated rings. The lowest BCUT2D eigenvalue weighted by atomic mass is 10.1. The number of hydrogen-bond donors (Lipinski definition) is 2. The smallest absolute Gasteiger partial charge is 0.347 e. The Labute approximate surface area is 138 Å². The van der Waals surface area contributed by atoms with E-state index in [4.69, 9.17) is 0 Å². The Balaban J connectivity index is 1.49. The average Bonchev–Trinajstić information content (AvgIpc) is 3.02. The van der Waals surface area contributed by atoms with Crippen molar-refractivity contribution in [1.82, 2.24) is 29.9 Å². The largest absolute Gasteiger partial charge is 0.352 e. The van der Waals surface area contributed by atoms with Crippen molar-refractivity contribution >= 4 is 11.5 Å². The second-order valence-corrected chi connectivity index (χ2v) is 6.00. The molecule has 4 rings (SSSR count). The first-order valence-electron chi connectivity index (χ1n) is 8.10. The summed E-state index contributed by atoms with van der Waals surface area (Å²) in [6.07, 6.45) is 9.13. The highest BCUT2D eigenvalue weighted by atomic mass is 16.1. The number of H-pyrrole nitrogens is 1. The number of anilines is 1. The fourth-order valence-electron chi connectivity index (χ4n) is 3.15. The predicted molar refractivity (Wildman–Crippen MR) is 89.9 cm³/mol. The van der Waals surface area contributed by atoms with Gasteiger partial charge in [0.2, 0.25) is 5.65 Å². The van der Waals surface area contributed by atoms with Crippen LogP contribution in [0.1, 0.15) is 18.4 Å². The summed E-state index contributed by atoms with van der Waals surface area (Å²) in [7, 11) is 0. The van der Waals surface area contributed by atoms with E-state index >= 15 is 0 Å². The summed E-state index contributed by atoms with van der Waals surface area (Å²) in [5, 5.41) is 10.2. The minimum Gasteiger partial charge on any atom is -0.352 e. The third-order valence-electron chi connectivity index (χ3n) is 4.36. The zero-order valence-corrected chi connectivity index (χ0v) is 13.2. The summed E-state index contributed by atoms with van der Waals surface area (Å²) in [6, 6.07) is 4.38. The highest BCUT2D eigenvalue weighted by Crippen LogP contribution is 2.20. The molecule has 8 heteroatoms. The quantitative estimate of drug-likeness (QED) is 0.729. The molecule has 0 amide bonds. The van der Waals surface area contributed by atoms with Gasteiger partial charge in [-0.3, -0.25) is 4.98 Å². The molecule has 2 N–H and O–H groups in total. The van der Waals surface area contributed by atoms with E-state index in [0.717, 1.165) is 38.3 Å². The molecular formula is C16H19N7O. The van der Waals surface area contributed by atoms with Gasteiger partial charge in [-0.2, -0.15) is 0 Å². The number of hydrogen-bond acceptors (Lipinski definition) is 6. The number of aromatic nitrogens is 5. The maximum atomic E-state index is 11.7. The van der Waals surface area contributed by atoms with Gasteiger partial charge in [0.15, 0.2) is 5.82 Å². The van der Waals surface area contributed by atoms with E-state index in [1.807, 2.05) is 12.3 Å². The zero-order chi connectivity index (χ0) is 16.4. The molecule has 0 aromatic carbocycles. The van der Waals surface area contributed by atoms with Gasteiger partial charge in [0.1, 0.15) is 0 Å². The van der Waals surface area contributed by atoms with Crippen LogP contribution in [0.15, 0.2) is 41.7 Å². The van der Waals surface area contributed by atoms with E-state index < -0.39 is 0 Å². The molecule has 3 aromatic heterocycles. The number of rotatable bonds is 4. The van der Waals surface area contributed by atoms with Gasteiger partial charge in [-0.25, -0.2) is 19.3 Å². The maximum Gasteiger partial charge on any atom is 0.347 e. The lowest BCUT2D eigenvalue weighted by Crippen LogP contribution is -2.46. The second-order valence-electron chi connectivity index (χ2n) is 6.00. The predicted octanol–water partition coefficient (Wildman–Crippen LogP) is 0.571. The van der Waals surface area contributed by atoms with Crippen LogP contribution in [0.2, 0.25) is 0 Å². The first-order valence-corrected chi connectivity index (χ1v) is 8.10. The van der Waals surface area contributed by atoms with Crippen molar-refractivity contribution in [1.29, 1.82) is 0 Å². The summed E-state index contributed by atoms with van der Waals surface area (Å²) < 4.78 is 1.50. The minimum absolute atomic E-state index is 0.239. The minimum atomic E-state index is -0.239. The van der Waals surface area contributed by atoms with E-state index in [-0.39, 0.29) is 5.69 Å². The topological polar surface area (TPSA) is 91.2 Å². The van der Waals surface area contributed by atoms with Gasteiger partial charge in [-0.1, -0.05) is 6.07 Å². The van der Waals surface area contributed by atoms with Crippen LogP contribution in [0.25, 0.3) is 5.65 Å². The third-order valence-corrected chi connectivity index (χ3v) is 4.36. The Bertz CT molecular complexity index is 873. The normalized spacial score (nSPS) is 18.2. The Hall–Kier alpha value is -2.74. The van der Waals surface area contributed by atoms with Gasteiger partial charge in [0.25, 0.3) is 0 Å². The van der Waals surface area contributed by atoms with Crippen molar-refractivity contribution < 1.29 is 0 Å². The third kappa shape index (κ3) is 2.88. The number of piperidine rings is 1. The van der Waals surface area contributed by atoms with Crippen LogP contribution in [0.3, 0.4) is 0 Å². The van der Waals surface area contributed by atoms with Crippen molar-refractivity contribution in [2.24, 2.45) is 0 Å². The lowest BCUT2D eigenvalue weighted by molar-refractivity contribution is 0.420. The maximum absolute atomic E-state index is 11.7. The van der Waals surface area contributed by atoms with Crippen LogP contribution < -0.4 is 15.9 Å². The summed E-state index contributed by atoms with van der Waals surface area (Å²) in [6.45, 7) is 2.55. The molecule has 0 saturated carbocycles. The van der Waals surface area contributed by atoms with Gasteiger partial charge in [-0.15, -0.1) is 5.10 Å². The second kappa shape index (κ2) is 6.40. The summed E-state index contributed by atoms with van der Waals surface area (Å²) >= 11 is 0. The molecule has 1 aliphatic rings. The average molecular weight is 325 g/mol. The van der Waals surface area contributed by atoms with Crippen molar-refractivity contribution in [2.45, 2.75) is 25.4 Å². The number of pyridine rings is 1. The number of aromatic amines is 1. The summed E-state index contributed by atoms with van der Waals surface area (Å²) in [4.78, 5) is 22.5. The van der Waals surface area contributed by atoms with Crippen LogP contribution in [-0.2, 0) is 6.54 Å². The molecule has 0 spiro atoms. The standard InChI is InChI=1S/C16H19N7O/c24-16-21-20-15-14(18-6-8-23(15)16)22-7-2-4-13(11-22)19-10-12-3-1-5-17-9-12/h1,3,5-6,8-9,13,19H,2,4,7,10-11H2,(H,21,24)/t13-/m1/s1. The molecule has 1 aliphatic heterocycles. The molecule has 0 radical (unpaired) electrons. The van der Waals surface area contributed by atoms with Crippen molar-refractivity contribution in [3.05, 3.63) is 53.0 Å². The molecule has 0 unspecified atom stereocenters. The van der Waals surface area contributed by atoms with Gasteiger partial charge in [-0.05, 0) is 24.5 Å². The summed E-state index contributed by atoms with van der Waals surface area (Å²) in [5.41, 5.74) is 1.51. The monoisotopic (exact) mass is 325 g/mol. The highest BCUT2D eigenvalue weighted by Gasteiger charge is 2.23. The van der Waals surface area contributed by atoms with Gasteiger partial charge >= 0.3 is 5.69 Å². The number of nitrogens with one attached hydrogen (secondary N) is 2. The van der Waals surface area contributed by atoms with Gasteiger partial charge in [0, 0.05) is 50.5 Å². The molecule has 124 valence electrons. The molecule has 0 bridgehead atoms. The highest BCUT2D eigenvalue weighted by molar-refractivity contribution is 5.63. The fraction of sp³-hybridized carbons (Fsp3) is 0.375. The number of nitrogens with zero attached hydrogens (tertiary/aromatic N) is 5. The van der Waals surface area contributed by atoms with E-state index in [2.05, 4.69) is 36.4 Å². The van der Waals surface area contributed by atoms with Gasteiger partial charge < -0.3 is 10.2 Å². The Morgan fingerprint density at radius 1 is 1.38 bits per heavy atom. The van der Waals surface area contributed by atoms with Crippen LogP contribution in [0.4, 0.5) is 5.82 Å². The number of fused-ring (bicyclic) bond motifs is 1. The van der Waals surface area contributed by atoms with E-state index in [1.165, 1.54) is 9.96 Å². The van der Waals surface area contributed by atoms with Crippen molar-refractivity contribution in [3.8, 4) is 0 Å². The Kier molecular flexibility index (Phi) is 3.96. The van der Waals surface area contributed by atoms with Crippen LogP contribution in [0.5, 0.6) is 0 Å². The first-order chi connectivity index (χ1) is 11.8. The SMILES string of the molecule is O=c1[nH]nc2c(N3CCC[C@@H](NCc4cccnc4)C3)nccn12. The van der Waals surface area contributed by atoms with E-state index in [9.17, 15) is 4.79 Å². The van der Waals surface area contributed by atoms with E-state index in [1.54, 1.807) is 18.6 Å². The zero-order valence-electron chi connectivity index (χ0n) is 13.2. The van der Waals surface area contributed by atoms with E-state index in [0.29, 0.717) is 11.7 Å². The van der Waals surface area contributed by atoms with Crippen molar-refractivity contribution in [2.75, 3.05) is 18.0 Å². The Morgan fingerprint density at radius 3 is 3.21 bits per heavy atom. The van der Waals surface area contributed by atoms with Crippen LogP contribution >= 0.6 is 0 Å². The molecule has 1 saturated heterocycles. The van der Waals surface area contributed by atoms with Gasteiger partial charge in [0.05, 0.1) is 0 Å². The molecule has 24 heavy (non-hydrogen) atoms. The Morgan fingerprint density at radius 2 is 2.33 bits per heavy atom. The fourth-order valence-corrected chi connectivity index (χ4v) is 3.15. The molecule has 0 aliphatic carbocycles. The van der Waals surface area contributed by atoms with Crippen LogP contribution in [0, 0.1) is 0 Å².